The highest BCUT2D eigenvalue weighted by molar-refractivity contribution is 6.03. The van der Waals surface area contributed by atoms with Crippen molar-refractivity contribution < 1.29 is 9.21 Å². The number of nitrogens with one attached hydrogen (secondary N) is 2. The molecule has 0 aliphatic carbocycles. The van der Waals surface area contributed by atoms with E-state index in [2.05, 4.69) is 39.3 Å². The molecule has 146 valence electrons. The summed E-state index contributed by atoms with van der Waals surface area (Å²) in [5.74, 6) is 0.880. The van der Waals surface area contributed by atoms with Crippen LogP contribution in [0, 0.1) is 6.92 Å². The first-order chi connectivity index (χ1) is 13.6. The number of hydrogen-bond donors (Lipinski definition) is 2. The molecule has 0 saturated carbocycles. The molecule has 0 spiro atoms. The third-order valence-electron chi connectivity index (χ3n) is 4.34. The van der Waals surface area contributed by atoms with Crippen molar-refractivity contribution in [3.05, 3.63) is 65.9 Å². The van der Waals surface area contributed by atoms with Crippen LogP contribution in [-0.2, 0) is 6.54 Å². The summed E-state index contributed by atoms with van der Waals surface area (Å²) in [4.78, 5) is 23.5. The van der Waals surface area contributed by atoms with Gasteiger partial charge in [0.1, 0.15) is 11.5 Å². The van der Waals surface area contributed by atoms with E-state index in [9.17, 15) is 4.79 Å². The highest BCUT2D eigenvalue weighted by Crippen LogP contribution is 2.18. The smallest absolute Gasteiger partial charge is 0.274 e. The van der Waals surface area contributed by atoms with Crippen LogP contribution in [0.2, 0.25) is 0 Å². The Morgan fingerprint density at radius 1 is 1.11 bits per heavy atom. The van der Waals surface area contributed by atoms with Crippen LogP contribution in [-0.4, -0.2) is 29.0 Å². The van der Waals surface area contributed by atoms with E-state index < -0.39 is 0 Å². The molecule has 0 aliphatic rings. The Kier molecular flexibility index (Phi) is 6.26. The molecule has 0 bridgehead atoms. The molecule has 7 nitrogen and oxygen atoms in total. The number of anilines is 3. The highest BCUT2D eigenvalue weighted by Gasteiger charge is 2.12. The monoisotopic (exact) mass is 379 g/mol. The molecule has 0 fully saturated rings. The SMILES string of the molecule is CCN(CC)c1ccc(NC(=O)c2cc(C)nc(NCc3ccco3)n2)cc1. The zero-order valence-corrected chi connectivity index (χ0v) is 16.4. The Morgan fingerprint density at radius 3 is 2.50 bits per heavy atom. The van der Waals surface area contributed by atoms with Gasteiger partial charge in [-0.1, -0.05) is 0 Å². The average molecular weight is 379 g/mol. The Bertz CT molecular complexity index is 903. The molecule has 0 aliphatic heterocycles. The van der Waals surface area contributed by atoms with Crippen LogP contribution in [0.5, 0.6) is 0 Å². The molecule has 28 heavy (non-hydrogen) atoms. The number of rotatable bonds is 8. The van der Waals surface area contributed by atoms with Crippen molar-refractivity contribution in [3.63, 3.8) is 0 Å². The van der Waals surface area contributed by atoms with Crippen molar-refractivity contribution in [3.8, 4) is 0 Å². The maximum absolute atomic E-state index is 12.6. The number of benzene rings is 1. The lowest BCUT2D eigenvalue weighted by molar-refractivity contribution is 0.102. The van der Waals surface area contributed by atoms with Crippen LogP contribution in [0.3, 0.4) is 0 Å². The zero-order valence-electron chi connectivity index (χ0n) is 16.4. The molecule has 0 atom stereocenters. The van der Waals surface area contributed by atoms with Gasteiger partial charge in [0.2, 0.25) is 5.95 Å². The van der Waals surface area contributed by atoms with Crippen molar-refractivity contribution in [2.75, 3.05) is 28.6 Å². The number of aryl methyl sites for hydroxylation is 1. The van der Waals surface area contributed by atoms with E-state index in [0.717, 1.165) is 30.2 Å². The Balaban J connectivity index is 1.68. The van der Waals surface area contributed by atoms with Gasteiger partial charge >= 0.3 is 0 Å². The molecule has 7 heteroatoms. The summed E-state index contributed by atoms with van der Waals surface area (Å²) in [6.07, 6.45) is 1.61. The van der Waals surface area contributed by atoms with E-state index in [4.69, 9.17) is 4.42 Å². The summed E-state index contributed by atoms with van der Waals surface area (Å²) < 4.78 is 5.28. The van der Waals surface area contributed by atoms with Gasteiger partial charge < -0.3 is 20.0 Å². The lowest BCUT2D eigenvalue weighted by Gasteiger charge is -2.21. The van der Waals surface area contributed by atoms with Gasteiger partial charge in [0.15, 0.2) is 0 Å². The summed E-state index contributed by atoms with van der Waals surface area (Å²) >= 11 is 0. The summed E-state index contributed by atoms with van der Waals surface area (Å²) in [5, 5.41) is 5.97. The second kappa shape index (κ2) is 9.03. The summed E-state index contributed by atoms with van der Waals surface area (Å²) in [5.41, 5.74) is 2.87. The van der Waals surface area contributed by atoms with Gasteiger partial charge in [-0.25, -0.2) is 9.97 Å². The largest absolute Gasteiger partial charge is 0.467 e. The third kappa shape index (κ3) is 4.88. The van der Waals surface area contributed by atoms with Crippen LogP contribution in [0.1, 0.15) is 35.8 Å². The lowest BCUT2D eigenvalue weighted by Crippen LogP contribution is -2.21. The van der Waals surface area contributed by atoms with Crippen molar-refractivity contribution >= 4 is 23.2 Å². The minimum atomic E-state index is -0.276. The van der Waals surface area contributed by atoms with Gasteiger partial charge in [-0.05, 0) is 63.2 Å². The van der Waals surface area contributed by atoms with Gasteiger partial charge in [0.25, 0.3) is 5.91 Å². The molecule has 2 N–H and O–H groups in total. The van der Waals surface area contributed by atoms with E-state index in [1.165, 1.54) is 0 Å². The first kappa shape index (κ1) is 19.4. The topological polar surface area (TPSA) is 83.3 Å². The van der Waals surface area contributed by atoms with Gasteiger partial charge in [0.05, 0.1) is 12.8 Å². The fourth-order valence-corrected chi connectivity index (χ4v) is 2.88. The Labute approximate surface area is 164 Å². The highest BCUT2D eigenvalue weighted by atomic mass is 16.3. The summed E-state index contributed by atoms with van der Waals surface area (Å²) in [6.45, 7) is 8.40. The standard InChI is InChI=1S/C21H25N5O2/c1-4-26(5-2)17-10-8-16(9-11-17)24-20(27)19-13-15(3)23-21(25-19)22-14-18-7-6-12-28-18/h6-13H,4-5,14H2,1-3H3,(H,24,27)(H,22,23,25). The second-order valence-corrected chi connectivity index (χ2v) is 6.32. The van der Waals surface area contributed by atoms with E-state index in [0.29, 0.717) is 23.9 Å². The minimum absolute atomic E-state index is 0.276. The van der Waals surface area contributed by atoms with Crippen LogP contribution in [0.4, 0.5) is 17.3 Å². The fourth-order valence-electron chi connectivity index (χ4n) is 2.88. The number of hydrogen-bond acceptors (Lipinski definition) is 6. The molecule has 1 amide bonds. The number of carbonyl (C=O) groups is 1. The van der Waals surface area contributed by atoms with Crippen LogP contribution in [0.25, 0.3) is 0 Å². The van der Waals surface area contributed by atoms with E-state index >= 15 is 0 Å². The predicted octanol–water partition coefficient (Wildman–Crippen LogP) is 4.09. The number of furan rings is 1. The van der Waals surface area contributed by atoms with Crippen molar-refractivity contribution in [1.29, 1.82) is 0 Å². The molecule has 0 unspecified atom stereocenters. The molecule has 1 aromatic carbocycles. The van der Waals surface area contributed by atoms with E-state index in [1.807, 2.05) is 43.3 Å². The molecule has 0 radical (unpaired) electrons. The zero-order chi connectivity index (χ0) is 19.9. The molecule has 2 aromatic heterocycles. The molecule has 2 heterocycles. The number of nitrogens with zero attached hydrogens (tertiary/aromatic N) is 3. The summed E-state index contributed by atoms with van der Waals surface area (Å²) in [6, 6.07) is 13.1. The van der Waals surface area contributed by atoms with E-state index in [-0.39, 0.29) is 5.91 Å². The maximum Gasteiger partial charge on any atom is 0.274 e. The first-order valence-corrected chi connectivity index (χ1v) is 9.37. The Morgan fingerprint density at radius 2 is 1.86 bits per heavy atom. The van der Waals surface area contributed by atoms with Gasteiger partial charge in [0, 0.05) is 30.2 Å². The lowest BCUT2D eigenvalue weighted by atomic mass is 10.2. The third-order valence-corrected chi connectivity index (χ3v) is 4.34. The van der Waals surface area contributed by atoms with Crippen molar-refractivity contribution in [1.82, 2.24) is 9.97 Å². The number of carbonyl (C=O) groups excluding carboxylic acids is 1. The molecule has 3 rings (SSSR count). The fraction of sp³-hybridized carbons (Fsp3) is 0.286. The predicted molar refractivity (Wildman–Crippen MR) is 111 cm³/mol. The van der Waals surface area contributed by atoms with Gasteiger partial charge in [-0.2, -0.15) is 0 Å². The maximum atomic E-state index is 12.6. The quantitative estimate of drug-likeness (QED) is 0.613. The van der Waals surface area contributed by atoms with E-state index in [1.54, 1.807) is 12.3 Å². The summed E-state index contributed by atoms with van der Waals surface area (Å²) in [7, 11) is 0. The minimum Gasteiger partial charge on any atom is -0.467 e. The average Bonchev–Trinajstić information content (AvgIpc) is 3.22. The number of aromatic nitrogens is 2. The first-order valence-electron chi connectivity index (χ1n) is 9.37. The normalized spacial score (nSPS) is 10.5. The van der Waals surface area contributed by atoms with Gasteiger partial charge in [-0.15, -0.1) is 0 Å². The Hall–Kier alpha value is -3.35. The van der Waals surface area contributed by atoms with Crippen LogP contribution >= 0.6 is 0 Å². The van der Waals surface area contributed by atoms with Gasteiger partial charge in [-0.3, -0.25) is 4.79 Å². The molecule has 0 saturated heterocycles. The second-order valence-electron chi connectivity index (χ2n) is 6.32. The molecular weight excluding hydrogens is 354 g/mol. The van der Waals surface area contributed by atoms with Crippen molar-refractivity contribution in [2.45, 2.75) is 27.3 Å². The van der Waals surface area contributed by atoms with Crippen LogP contribution in [0.15, 0.2) is 53.1 Å². The molecule has 3 aromatic rings. The van der Waals surface area contributed by atoms with Crippen molar-refractivity contribution in [2.24, 2.45) is 0 Å². The molecular formula is C21H25N5O2. The number of amides is 1. The van der Waals surface area contributed by atoms with Crippen LogP contribution < -0.4 is 15.5 Å².